The van der Waals surface area contributed by atoms with Crippen molar-refractivity contribution < 1.29 is 9.13 Å². The fourth-order valence-corrected chi connectivity index (χ4v) is 1.67. The van der Waals surface area contributed by atoms with Crippen LogP contribution >= 0.6 is 0 Å². The maximum absolute atomic E-state index is 13.8. The van der Waals surface area contributed by atoms with Gasteiger partial charge in [-0.15, -0.1) is 0 Å². The van der Waals surface area contributed by atoms with Gasteiger partial charge in [-0.25, -0.2) is 4.39 Å². The lowest BCUT2D eigenvalue weighted by Gasteiger charge is -2.19. The van der Waals surface area contributed by atoms with Crippen molar-refractivity contribution in [1.29, 1.82) is 0 Å². The smallest absolute Gasteiger partial charge is 0.128 e. The molecule has 0 fully saturated rings. The van der Waals surface area contributed by atoms with E-state index >= 15 is 0 Å². The molecule has 1 rings (SSSR count). The second-order valence-electron chi connectivity index (χ2n) is 4.34. The lowest BCUT2D eigenvalue weighted by molar-refractivity contribution is 0.198. The van der Waals surface area contributed by atoms with Gasteiger partial charge in [-0.3, -0.25) is 4.98 Å². The van der Waals surface area contributed by atoms with Crippen LogP contribution in [0.15, 0.2) is 6.20 Å². The van der Waals surface area contributed by atoms with Crippen molar-refractivity contribution in [3.8, 4) is 5.75 Å². The van der Waals surface area contributed by atoms with Crippen molar-refractivity contribution in [1.82, 2.24) is 4.98 Å². The molecule has 0 amide bonds. The molecule has 90 valence electrons. The van der Waals surface area contributed by atoms with Crippen molar-refractivity contribution in [2.75, 3.05) is 13.7 Å². The predicted molar refractivity (Wildman–Crippen MR) is 62.5 cm³/mol. The number of hydrogen-bond acceptors (Lipinski definition) is 3. The van der Waals surface area contributed by atoms with Crippen molar-refractivity contribution in [2.45, 2.75) is 32.9 Å². The normalized spacial score (nSPS) is 14.6. The lowest BCUT2D eigenvalue weighted by Crippen LogP contribution is -2.32. The highest BCUT2D eigenvalue weighted by atomic mass is 19.1. The summed E-state index contributed by atoms with van der Waals surface area (Å²) in [5, 5.41) is 0. The Morgan fingerprint density at radius 1 is 1.50 bits per heavy atom. The van der Waals surface area contributed by atoms with Crippen molar-refractivity contribution in [3.05, 3.63) is 23.0 Å². The molecule has 1 heterocycles. The third-order valence-electron chi connectivity index (χ3n) is 2.71. The van der Waals surface area contributed by atoms with Crippen LogP contribution in [0, 0.1) is 13.8 Å². The molecular weight excluding hydrogens is 207 g/mol. The summed E-state index contributed by atoms with van der Waals surface area (Å²) in [6.07, 6.45) is 1.92. The first-order chi connectivity index (χ1) is 7.41. The fraction of sp³-hybridized carbons (Fsp3) is 0.583. The van der Waals surface area contributed by atoms with Gasteiger partial charge in [0.15, 0.2) is 0 Å². The molecule has 1 aromatic rings. The first-order valence-corrected chi connectivity index (χ1v) is 5.29. The number of nitrogens with zero attached hydrogens (tertiary/aromatic N) is 1. The van der Waals surface area contributed by atoms with Crippen molar-refractivity contribution in [2.24, 2.45) is 5.73 Å². The number of halogens is 1. The van der Waals surface area contributed by atoms with E-state index in [0.717, 1.165) is 16.9 Å². The first kappa shape index (κ1) is 12.9. The van der Waals surface area contributed by atoms with Crippen LogP contribution in [0.1, 0.15) is 23.7 Å². The number of aromatic nitrogens is 1. The summed E-state index contributed by atoms with van der Waals surface area (Å²) in [4.78, 5) is 4.24. The molecule has 1 unspecified atom stereocenters. The fourth-order valence-electron chi connectivity index (χ4n) is 1.67. The van der Waals surface area contributed by atoms with E-state index in [1.54, 1.807) is 13.3 Å². The van der Waals surface area contributed by atoms with Gasteiger partial charge in [-0.1, -0.05) is 0 Å². The third-order valence-corrected chi connectivity index (χ3v) is 2.71. The molecule has 2 N–H and O–H groups in total. The number of hydrogen-bond donors (Lipinski definition) is 1. The maximum atomic E-state index is 13.8. The molecule has 0 aliphatic heterocycles. The highest BCUT2D eigenvalue weighted by molar-refractivity contribution is 5.41. The number of rotatable bonds is 4. The summed E-state index contributed by atoms with van der Waals surface area (Å²) >= 11 is 0. The van der Waals surface area contributed by atoms with E-state index < -0.39 is 5.67 Å². The van der Waals surface area contributed by atoms with Crippen LogP contribution in [0.4, 0.5) is 4.39 Å². The van der Waals surface area contributed by atoms with Crippen LogP contribution in [-0.2, 0) is 6.42 Å². The van der Waals surface area contributed by atoms with Gasteiger partial charge in [-0.05, 0) is 20.8 Å². The minimum atomic E-state index is -1.42. The summed E-state index contributed by atoms with van der Waals surface area (Å²) in [5.74, 6) is 0.776. The maximum Gasteiger partial charge on any atom is 0.128 e. The highest BCUT2D eigenvalue weighted by Crippen LogP contribution is 2.26. The zero-order valence-electron chi connectivity index (χ0n) is 10.3. The summed E-state index contributed by atoms with van der Waals surface area (Å²) in [5.41, 5.74) is 6.50. The Morgan fingerprint density at radius 3 is 2.62 bits per heavy atom. The van der Waals surface area contributed by atoms with Crippen LogP contribution in [-0.4, -0.2) is 24.3 Å². The highest BCUT2D eigenvalue weighted by Gasteiger charge is 2.24. The number of ether oxygens (including phenoxy) is 1. The third kappa shape index (κ3) is 2.70. The Morgan fingerprint density at radius 2 is 2.12 bits per heavy atom. The van der Waals surface area contributed by atoms with Gasteiger partial charge in [0.05, 0.1) is 12.8 Å². The van der Waals surface area contributed by atoms with Crippen LogP contribution in [0.2, 0.25) is 0 Å². The summed E-state index contributed by atoms with van der Waals surface area (Å²) in [7, 11) is 1.61. The van der Waals surface area contributed by atoms with Gasteiger partial charge in [0, 0.05) is 30.3 Å². The van der Waals surface area contributed by atoms with Gasteiger partial charge in [0.25, 0.3) is 0 Å². The zero-order valence-corrected chi connectivity index (χ0v) is 10.3. The summed E-state index contributed by atoms with van der Waals surface area (Å²) in [6, 6.07) is 0. The molecule has 0 aromatic carbocycles. The van der Waals surface area contributed by atoms with Gasteiger partial charge >= 0.3 is 0 Å². The largest absolute Gasteiger partial charge is 0.496 e. The average molecular weight is 226 g/mol. The molecule has 4 heteroatoms. The van der Waals surface area contributed by atoms with E-state index in [1.165, 1.54) is 6.92 Å². The Bertz CT molecular complexity index is 378. The number of pyridine rings is 1. The minimum Gasteiger partial charge on any atom is -0.496 e. The molecule has 1 aromatic heterocycles. The molecule has 0 radical (unpaired) electrons. The van der Waals surface area contributed by atoms with Crippen LogP contribution in [0.3, 0.4) is 0 Å². The second-order valence-corrected chi connectivity index (χ2v) is 4.34. The van der Waals surface area contributed by atoms with E-state index in [4.69, 9.17) is 10.5 Å². The Balaban J connectivity index is 3.07. The van der Waals surface area contributed by atoms with Gasteiger partial charge < -0.3 is 10.5 Å². The molecule has 0 spiro atoms. The molecule has 0 bridgehead atoms. The molecule has 0 aliphatic carbocycles. The zero-order chi connectivity index (χ0) is 12.3. The summed E-state index contributed by atoms with van der Waals surface area (Å²) < 4.78 is 19.1. The quantitative estimate of drug-likeness (QED) is 0.853. The predicted octanol–water partition coefficient (Wildman–Crippen LogP) is 1.94. The SMILES string of the molecule is COc1c(C)cnc(CC(C)(F)CN)c1C. The van der Waals surface area contributed by atoms with Crippen LogP contribution in [0.5, 0.6) is 5.75 Å². The van der Waals surface area contributed by atoms with Gasteiger partial charge in [0.1, 0.15) is 11.4 Å². The van der Waals surface area contributed by atoms with E-state index in [1.807, 2.05) is 13.8 Å². The minimum absolute atomic E-state index is 0.00961. The second kappa shape index (κ2) is 4.78. The summed E-state index contributed by atoms with van der Waals surface area (Å²) in [6.45, 7) is 5.28. The number of methoxy groups -OCH3 is 1. The number of alkyl halides is 1. The molecule has 0 aliphatic rings. The van der Waals surface area contributed by atoms with E-state index in [-0.39, 0.29) is 13.0 Å². The van der Waals surface area contributed by atoms with Gasteiger partial charge in [0.2, 0.25) is 0 Å². The molecule has 1 atom stereocenters. The number of aryl methyl sites for hydroxylation is 1. The molecule has 0 saturated heterocycles. The van der Waals surface area contributed by atoms with Crippen LogP contribution in [0.25, 0.3) is 0 Å². The van der Waals surface area contributed by atoms with E-state index in [0.29, 0.717) is 5.69 Å². The lowest BCUT2D eigenvalue weighted by atomic mass is 9.98. The van der Waals surface area contributed by atoms with Crippen molar-refractivity contribution >= 4 is 0 Å². The Hall–Kier alpha value is -1.16. The molecular formula is C12H19FN2O. The standard InChI is InChI=1S/C12H19FN2O/c1-8-6-15-10(5-12(3,13)7-14)9(2)11(8)16-4/h6H,5,7,14H2,1-4H3. The van der Waals surface area contributed by atoms with Gasteiger partial charge in [-0.2, -0.15) is 0 Å². The molecule has 0 saturated carbocycles. The van der Waals surface area contributed by atoms with E-state index in [2.05, 4.69) is 4.98 Å². The Kier molecular flexibility index (Phi) is 3.86. The van der Waals surface area contributed by atoms with E-state index in [9.17, 15) is 4.39 Å². The number of nitrogens with two attached hydrogens (primary N) is 1. The van der Waals surface area contributed by atoms with Crippen LogP contribution < -0.4 is 10.5 Å². The Labute approximate surface area is 95.8 Å². The molecule has 16 heavy (non-hydrogen) atoms. The average Bonchev–Trinajstić information content (AvgIpc) is 2.23. The topological polar surface area (TPSA) is 48.1 Å². The molecule has 3 nitrogen and oxygen atoms in total. The monoisotopic (exact) mass is 226 g/mol. The van der Waals surface area contributed by atoms with Crippen molar-refractivity contribution in [3.63, 3.8) is 0 Å². The first-order valence-electron chi connectivity index (χ1n) is 5.29.